The van der Waals surface area contributed by atoms with E-state index in [1.807, 2.05) is 24.5 Å². The number of thioether (sulfide) groups is 1. The first kappa shape index (κ1) is 33.2. The van der Waals surface area contributed by atoms with Gasteiger partial charge in [-0.05, 0) is 87.9 Å². The molecule has 10 heteroatoms. The highest BCUT2D eigenvalue weighted by atomic mass is 32.2. The van der Waals surface area contributed by atoms with E-state index in [0.29, 0.717) is 0 Å². The Balaban J connectivity index is 0.00000442. The second kappa shape index (κ2) is 15.4. The van der Waals surface area contributed by atoms with Gasteiger partial charge in [0, 0.05) is 48.6 Å². The molecular formula is C34H41N5O3S2. The number of benzene rings is 2. The van der Waals surface area contributed by atoms with Crippen LogP contribution in [0.4, 0.5) is 5.69 Å². The van der Waals surface area contributed by atoms with E-state index in [1.54, 1.807) is 37.3 Å². The zero-order chi connectivity index (χ0) is 30.3. The van der Waals surface area contributed by atoms with Crippen molar-refractivity contribution in [1.82, 2.24) is 14.8 Å². The number of ether oxygens (including phenoxy) is 2. The smallest absolute Gasteiger partial charge is 0.262 e. The van der Waals surface area contributed by atoms with Crippen molar-refractivity contribution in [3.05, 3.63) is 94.8 Å². The highest BCUT2D eigenvalue weighted by Gasteiger charge is 2.25. The number of likely N-dealkylation sites (N-methyl/N-ethyl adjacent to an activating group) is 2. The number of hydrogen-bond acceptors (Lipinski definition) is 9. The van der Waals surface area contributed by atoms with Gasteiger partial charge < -0.3 is 29.6 Å². The molecule has 2 aromatic carbocycles. The lowest BCUT2D eigenvalue weighted by Gasteiger charge is -2.22. The third-order valence-electron chi connectivity index (χ3n) is 7.24. The zero-order valence-electron chi connectivity index (χ0n) is 26.2. The van der Waals surface area contributed by atoms with Crippen molar-refractivity contribution in [2.75, 3.05) is 66.9 Å². The second-order valence-corrected chi connectivity index (χ2v) is 12.9. The fourth-order valence-corrected chi connectivity index (χ4v) is 7.09. The maximum absolute atomic E-state index is 5.52. The summed E-state index contributed by atoms with van der Waals surface area (Å²) >= 11 is 3.57. The molecule has 0 bridgehead atoms. The molecule has 0 fully saturated rings. The van der Waals surface area contributed by atoms with Crippen LogP contribution in [0.1, 0.15) is 10.6 Å². The van der Waals surface area contributed by atoms with Crippen LogP contribution in [0.3, 0.4) is 0 Å². The quantitative estimate of drug-likeness (QED) is 0.137. The number of thiazole rings is 1. The first-order chi connectivity index (χ1) is 20.9. The molecule has 232 valence electrons. The summed E-state index contributed by atoms with van der Waals surface area (Å²) in [5, 5.41) is 2.39. The van der Waals surface area contributed by atoms with Gasteiger partial charge in [0.05, 0.1) is 31.5 Å². The Hall–Kier alpha value is -3.67. The normalized spacial score (nSPS) is 14.2. The predicted molar refractivity (Wildman–Crippen MR) is 183 cm³/mol. The van der Waals surface area contributed by atoms with Gasteiger partial charge in [0.1, 0.15) is 16.2 Å². The van der Waals surface area contributed by atoms with Crippen molar-refractivity contribution >= 4 is 50.7 Å². The molecule has 0 radical (unpaired) electrons. The first-order valence-corrected chi connectivity index (χ1v) is 15.9. The third-order valence-corrected chi connectivity index (χ3v) is 9.47. The fraction of sp³-hybridized carbons (Fsp3) is 0.294. The van der Waals surface area contributed by atoms with Crippen molar-refractivity contribution < 1.29 is 19.5 Å². The van der Waals surface area contributed by atoms with Crippen LogP contribution in [0.15, 0.2) is 89.1 Å². The molecule has 4 aromatic rings. The summed E-state index contributed by atoms with van der Waals surface area (Å²) in [6.45, 7) is 3.70. The molecule has 1 aliphatic heterocycles. The van der Waals surface area contributed by atoms with Gasteiger partial charge in [0.15, 0.2) is 6.54 Å². The van der Waals surface area contributed by atoms with E-state index in [-0.39, 0.29) is 5.48 Å². The molecule has 0 saturated carbocycles. The van der Waals surface area contributed by atoms with Crippen molar-refractivity contribution in [2.24, 2.45) is 0 Å². The number of hydrogen-bond donors (Lipinski definition) is 0. The molecule has 3 heterocycles. The average Bonchev–Trinajstić information content (AvgIpc) is 3.55. The maximum Gasteiger partial charge on any atom is 0.262 e. The predicted octanol–water partition coefficient (Wildman–Crippen LogP) is 6.10. The van der Waals surface area contributed by atoms with Crippen LogP contribution in [-0.2, 0) is 6.54 Å². The fourth-order valence-electron chi connectivity index (χ4n) is 4.85. The van der Waals surface area contributed by atoms with Crippen LogP contribution in [0, 0.1) is 0 Å². The number of allylic oxidation sites excluding steroid dienone is 4. The van der Waals surface area contributed by atoms with E-state index in [0.717, 1.165) is 48.8 Å². The molecule has 0 atom stereocenters. The number of aromatic nitrogens is 2. The number of rotatable bonds is 12. The molecule has 8 nitrogen and oxygen atoms in total. The number of pyridine rings is 1. The summed E-state index contributed by atoms with van der Waals surface area (Å²) in [6, 6.07) is 16.8. The van der Waals surface area contributed by atoms with E-state index < -0.39 is 0 Å². The van der Waals surface area contributed by atoms with Crippen LogP contribution in [0.2, 0.25) is 0 Å². The van der Waals surface area contributed by atoms with Crippen molar-refractivity contribution in [2.45, 2.75) is 11.4 Å². The Bertz CT molecular complexity index is 1650. The molecule has 1 N–H and O–H groups in total. The SMILES string of the molecule is COc1ccc2c(c1)S\C(=C/C=C(/C=C/c1sc3cc(OC)ccc3[n+]1CCN(C)C)c1ccncc1)N2CCN(C)C.[OH-]. The standard InChI is InChI=1S/C34H40N5O2S2.H2O/c1-36(2)19-21-38-29-11-9-27(40-5)23-31(29)42-33(38)13-7-25(26-15-17-35-18-16-26)8-14-34-39(22-20-37(3)4)30-12-10-28(41-6)24-32(30)43-34;/h7-18,23-24H,19-22H2,1-6H3;1H2/q+1;/p-1. The van der Waals surface area contributed by atoms with Gasteiger partial charge in [-0.25, -0.2) is 0 Å². The van der Waals surface area contributed by atoms with Gasteiger partial charge in [-0.1, -0.05) is 29.2 Å². The average molecular weight is 632 g/mol. The van der Waals surface area contributed by atoms with E-state index in [2.05, 4.69) is 113 Å². The molecule has 5 rings (SSSR count). The number of fused-ring (bicyclic) bond motifs is 2. The Morgan fingerprint density at radius 1 is 0.932 bits per heavy atom. The Kier molecular flexibility index (Phi) is 11.6. The minimum Gasteiger partial charge on any atom is -0.870 e. The van der Waals surface area contributed by atoms with Gasteiger partial charge >= 0.3 is 0 Å². The molecular weight excluding hydrogens is 591 g/mol. The minimum absolute atomic E-state index is 0. The van der Waals surface area contributed by atoms with Crippen LogP contribution >= 0.6 is 23.1 Å². The highest BCUT2D eigenvalue weighted by Crippen LogP contribution is 2.47. The summed E-state index contributed by atoms with van der Waals surface area (Å²) in [7, 11) is 11.9. The lowest BCUT2D eigenvalue weighted by atomic mass is 10.1. The zero-order valence-corrected chi connectivity index (χ0v) is 27.9. The van der Waals surface area contributed by atoms with Crippen LogP contribution < -0.4 is 18.9 Å². The minimum atomic E-state index is 0. The second-order valence-electron chi connectivity index (χ2n) is 10.8. The molecule has 0 unspecified atom stereocenters. The van der Waals surface area contributed by atoms with Gasteiger partial charge in [0.2, 0.25) is 5.52 Å². The topological polar surface area (TPSA) is 75.0 Å². The van der Waals surface area contributed by atoms with E-state index in [9.17, 15) is 0 Å². The first-order valence-electron chi connectivity index (χ1n) is 14.3. The van der Waals surface area contributed by atoms with Gasteiger partial charge in [0.25, 0.3) is 5.01 Å². The number of nitrogens with zero attached hydrogens (tertiary/aromatic N) is 5. The highest BCUT2D eigenvalue weighted by molar-refractivity contribution is 8.03. The van der Waals surface area contributed by atoms with E-state index in [4.69, 9.17) is 9.47 Å². The van der Waals surface area contributed by atoms with Crippen LogP contribution in [0.25, 0.3) is 21.9 Å². The Labute approximate surface area is 268 Å². The molecule has 0 aliphatic carbocycles. The third kappa shape index (κ3) is 7.88. The molecule has 1 aliphatic rings. The van der Waals surface area contributed by atoms with E-state index >= 15 is 0 Å². The Morgan fingerprint density at radius 3 is 2.34 bits per heavy atom. The summed E-state index contributed by atoms with van der Waals surface area (Å²) in [5.74, 6) is 1.75. The maximum atomic E-state index is 5.52. The van der Waals surface area contributed by atoms with Crippen molar-refractivity contribution in [3.8, 4) is 11.5 Å². The molecule has 0 saturated heterocycles. The molecule has 0 spiro atoms. The molecule has 0 amide bonds. The largest absolute Gasteiger partial charge is 0.870 e. The van der Waals surface area contributed by atoms with Crippen LogP contribution in [-0.4, -0.2) is 82.3 Å². The van der Waals surface area contributed by atoms with Crippen molar-refractivity contribution in [1.29, 1.82) is 0 Å². The number of anilines is 1. The number of methoxy groups -OCH3 is 2. The van der Waals surface area contributed by atoms with Gasteiger partial charge in [-0.3, -0.25) is 4.98 Å². The van der Waals surface area contributed by atoms with Gasteiger partial charge in [-0.2, -0.15) is 4.57 Å². The molecule has 44 heavy (non-hydrogen) atoms. The summed E-state index contributed by atoms with van der Waals surface area (Å²) < 4.78 is 14.6. The summed E-state index contributed by atoms with van der Waals surface area (Å²) in [5.41, 5.74) is 4.67. The lowest BCUT2D eigenvalue weighted by molar-refractivity contribution is -0.668. The van der Waals surface area contributed by atoms with E-state index in [1.165, 1.54) is 30.8 Å². The summed E-state index contributed by atoms with van der Waals surface area (Å²) in [4.78, 5) is 12.3. The Morgan fingerprint density at radius 2 is 1.64 bits per heavy atom. The van der Waals surface area contributed by atoms with Crippen LogP contribution in [0.5, 0.6) is 11.5 Å². The van der Waals surface area contributed by atoms with Crippen molar-refractivity contribution in [3.63, 3.8) is 0 Å². The lowest BCUT2D eigenvalue weighted by Crippen LogP contribution is -2.39. The summed E-state index contributed by atoms with van der Waals surface area (Å²) in [6.07, 6.45) is 12.6. The monoisotopic (exact) mass is 631 g/mol. The van der Waals surface area contributed by atoms with Gasteiger partial charge in [-0.15, -0.1) is 0 Å². The molecule has 2 aromatic heterocycles.